The standard InChI is InChI=1S/C23H14Cl2N2OS2/c24-16-7-3-5-14(11-16)12-20-21(28)27(22(29-20)15-6-4-8-17(25)13-15)23-26-18-9-1-2-10-19(18)30-23/h1-13,22H/b20-12-. The SMILES string of the molecule is O=C1/C(=C/c2cccc(Cl)c2)SC(c2cccc(Cl)c2)N1c1nc2ccccc2s1. The molecule has 7 heteroatoms. The van der Waals surface area contributed by atoms with E-state index in [4.69, 9.17) is 28.2 Å². The molecule has 0 saturated carbocycles. The zero-order chi connectivity index (χ0) is 20.7. The third-order valence-electron chi connectivity index (χ3n) is 4.67. The molecule has 1 saturated heterocycles. The average molecular weight is 469 g/mol. The number of carbonyl (C=O) groups excluding carboxylic acids is 1. The number of para-hydroxylation sites is 1. The van der Waals surface area contributed by atoms with Crippen molar-refractivity contribution >= 4 is 73.6 Å². The van der Waals surface area contributed by atoms with Gasteiger partial charge >= 0.3 is 0 Å². The second-order valence-electron chi connectivity index (χ2n) is 6.73. The van der Waals surface area contributed by atoms with Crippen molar-refractivity contribution in [3.05, 3.63) is 98.9 Å². The minimum atomic E-state index is -0.248. The summed E-state index contributed by atoms with van der Waals surface area (Å²) in [4.78, 5) is 20.6. The number of fused-ring (bicyclic) bond motifs is 1. The number of amides is 1. The highest BCUT2D eigenvalue weighted by Gasteiger charge is 2.40. The molecule has 1 aromatic heterocycles. The van der Waals surface area contributed by atoms with E-state index in [2.05, 4.69) is 0 Å². The number of nitrogens with zero attached hydrogens (tertiary/aromatic N) is 2. The maximum atomic E-state index is 13.5. The number of hydrogen-bond donors (Lipinski definition) is 0. The first kappa shape index (κ1) is 19.6. The van der Waals surface area contributed by atoms with Crippen molar-refractivity contribution in [3.63, 3.8) is 0 Å². The molecule has 3 aromatic carbocycles. The van der Waals surface area contributed by atoms with Gasteiger partial charge < -0.3 is 0 Å². The Bertz CT molecular complexity index is 1270. The molecule has 1 unspecified atom stereocenters. The molecule has 1 atom stereocenters. The number of aromatic nitrogens is 1. The van der Waals surface area contributed by atoms with Crippen LogP contribution in [0.5, 0.6) is 0 Å². The number of hydrogen-bond acceptors (Lipinski definition) is 4. The first-order chi connectivity index (χ1) is 14.6. The van der Waals surface area contributed by atoms with E-state index in [1.54, 1.807) is 4.90 Å². The summed E-state index contributed by atoms with van der Waals surface area (Å²) in [5.41, 5.74) is 2.72. The van der Waals surface area contributed by atoms with Gasteiger partial charge in [0.15, 0.2) is 5.13 Å². The van der Waals surface area contributed by atoms with Crippen LogP contribution in [-0.2, 0) is 4.79 Å². The highest BCUT2D eigenvalue weighted by molar-refractivity contribution is 8.05. The molecular formula is C23H14Cl2N2OS2. The smallest absolute Gasteiger partial charge is 0.267 e. The van der Waals surface area contributed by atoms with Crippen LogP contribution in [0.3, 0.4) is 0 Å². The van der Waals surface area contributed by atoms with Gasteiger partial charge in [-0.15, -0.1) is 0 Å². The Morgan fingerprint density at radius 2 is 1.70 bits per heavy atom. The van der Waals surface area contributed by atoms with Crippen molar-refractivity contribution in [1.29, 1.82) is 0 Å². The molecule has 30 heavy (non-hydrogen) atoms. The molecule has 0 spiro atoms. The van der Waals surface area contributed by atoms with Crippen LogP contribution < -0.4 is 4.90 Å². The van der Waals surface area contributed by atoms with Crippen LogP contribution in [0.4, 0.5) is 5.13 Å². The summed E-state index contributed by atoms with van der Waals surface area (Å²) in [7, 11) is 0. The number of carbonyl (C=O) groups is 1. The van der Waals surface area contributed by atoms with Gasteiger partial charge in [-0.05, 0) is 53.6 Å². The Morgan fingerprint density at radius 3 is 2.47 bits per heavy atom. The molecule has 1 aliphatic rings. The molecule has 0 radical (unpaired) electrons. The minimum absolute atomic E-state index is 0.0796. The summed E-state index contributed by atoms with van der Waals surface area (Å²) in [5, 5.41) is 1.70. The molecule has 0 aliphatic carbocycles. The molecule has 2 heterocycles. The van der Waals surface area contributed by atoms with E-state index < -0.39 is 0 Å². The lowest BCUT2D eigenvalue weighted by molar-refractivity contribution is -0.114. The first-order valence-electron chi connectivity index (χ1n) is 9.17. The molecule has 1 fully saturated rings. The number of anilines is 1. The highest BCUT2D eigenvalue weighted by Crippen LogP contribution is 2.50. The summed E-state index contributed by atoms with van der Waals surface area (Å²) in [5.74, 6) is -0.0796. The molecule has 0 bridgehead atoms. The third kappa shape index (κ3) is 3.74. The lowest BCUT2D eigenvalue weighted by atomic mass is 10.2. The maximum Gasteiger partial charge on any atom is 0.267 e. The van der Waals surface area contributed by atoms with E-state index in [1.165, 1.54) is 23.1 Å². The van der Waals surface area contributed by atoms with Gasteiger partial charge in [-0.2, -0.15) is 0 Å². The predicted octanol–water partition coefficient (Wildman–Crippen LogP) is 7.42. The molecular weight excluding hydrogens is 455 g/mol. The summed E-state index contributed by atoms with van der Waals surface area (Å²) in [6, 6.07) is 23.0. The second kappa shape index (κ2) is 8.08. The Hall–Kier alpha value is -2.31. The van der Waals surface area contributed by atoms with E-state index in [1.807, 2.05) is 78.9 Å². The highest BCUT2D eigenvalue weighted by atomic mass is 35.5. The number of thiazole rings is 1. The van der Waals surface area contributed by atoms with E-state index in [-0.39, 0.29) is 11.3 Å². The molecule has 0 N–H and O–H groups in total. The van der Waals surface area contributed by atoms with Gasteiger partial charge in [-0.25, -0.2) is 4.98 Å². The summed E-state index contributed by atoms with van der Waals surface area (Å²) in [6.07, 6.45) is 1.88. The summed E-state index contributed by atoms with van der Waals surface area (Å²) < 4.78 is 1.04. The number of rotatable bonds is 3. The zero-order valence-electron chi connectivity index (χ0n) is 15.5. The van der Waals surface area contributed by atoms with Gasteiger partial charge in [0.1, 0.15) is 5.37 Å². The third-order valence-corrected chi connectivity index (χ3v) is 7.43. The van der Waals surface area contributed by atoms with Crippen LogP contribution >= 0.6 is 46.3 Å². The van der Waals surface area contributed by atoms with Crippen LogP contribution in [0, 0.1) is 0 Å². The first-order valence-corrected chi connectivity index (χ1v) is 11.6. The Labute approximate surface area is 192 Å². The van der Waals surface area contributed by atoms with Gasteiger partial charge in [0, 0.05) is 10.0 Å². The maximum absolute atomic E-state index is 13.5. The van der Waals surface area contributed by atoms with Gasteiger partial charge in [0.25, 0.3) is 5.91 Å². The minimum Gasteiger partial charge on any atom is -0.268 e. The molecule has 4 aromatic rings. The van der Waals surface area contributed by atoms with Crippen LogP contribution in [0.15, 0.2) is 77.7 Å². The topological polar surface area (TPSA) is 33.2 Å². The molecule has 5 rings (SSSR count). The Morgan fingerprint density at radius 1 is 0.933 bits per heavy atom. The molecule has 1 amide bonds. The van der Waals surface area contributed by atoms with Crippen molar-refractivity contribution in [2.24, 2.45) is 0 Å². The van der Waals surface area contributed by atoms with E-state index in [0.717, 1.165) is 21.3 Å². The predicted molar refractivity (Wildman–Crippen MR) is 128 cm³/mol. The number of halogens is 2. The number of benzene rings is 3. The number of thioether (sulfide) groups is 1. The fourth-order valence-corrected chi connectivity index (χ4v) is 6.00. The lowest BCUT2D eigenvalue weighted by Gasteiger charge is -2.21. The van der Waals surface area contributed by atoms with Gasteiger partial charge in [-0.1, -0.05) is 82.7 Å². The summed E-state index contributed by atoms with van der Waals surface area (Å²) in [6.45, 7) is 0. The van der Waals surface area contributed by atoms with Gasteiger partial charge in [0.05, 0.1) is 15.1 Å². The Kier molecular flexibility index (Phi) is 5.29. The van der Waals surface area contributed by atoms with Crippen molar-refractivity contribution < 1.29 is 4.79 Å². The average Bonchev–Trinajstić information content (AvgIpc) is 3.29. The van der Waals surface area contributed by atoms with Crippen LogP contribution in [0.1, 0.15) is 16.5 Å². The molecule has 3 nitrogen and oxygen atoms in total. The van der Waals surface area contributed by atoms with Crippen molar-refractivity contribution in [2.75, 3.05) is 4.90 Å². The lowest BCUT2D eigenvalue weighted by Crippen LogP contribution is -2.27. The van der Waals surface area contributed by atoms with Crippen LogP contribution in [-0.4, -0.2) is 10.9 Å². The van der Waals surface area contributed by atoms with E-state index in [0.29, 0.717) is 20.1 Å². The molecule has 1 aliphatic heterocycles. The summed E-state index contributed by atoms with van der Waals surface area (Å²) >= 11 is 15.4. The van der Waals surface area contributed by atoms with Crippen molar-refractivity contribution in [3.8, 4) is 0 Å². The Balaban J connectivity index is 1.62. The van der Waals surface area contributed by atoms with Crippen molar-refractivity contribution in [1.82, 2.24) is 4.98 Å². The van der Waals surface area contributed by atoms with E-state index >= 15 is 0 Å². The quantitative estimate of drug-likeness (QED) is 0.293. The fraction of sp³-hybridized carbons (Fsp3) is 0.0435. The normalized spacial score (nSPS) is 17.9. The van der Waals surface area contributed by atoms with Crippen molar-refractivity contribution in [2.45, 2.75) is 5.37 Å². The van der Waals surface area contributed by atoms with Gasteiger partial charge in [0.2, 0.25) is 0 Å². The largest absolute Gasteiger partial charge is 0.268 e. The monoisotopic (exact) mass is 468 g/mol. The van der Waals surface area contributed by atoms with Crippen LogP contribution in [0.25, 0.3) is 16.3 Å². The second-order valence-corrected chi connectivity index (χ2v) is 9.73. The zero-order valence-corrected chi connectivity index (χ0v) is 18.6. The fourth-order valence-electron chi connectivity index (χ4n) is 3.32. The molecule has 148 valence electrons. The van der Waals surface area contributed by atoms with Gasteiger partial charge in [-0.3, -0.25) is 9.69 Å². The van der Waals surface area contributed by atoms with E-state index in [9.17, 15) is 4.79 Å². The van der Waals surface area contributed by atoms with Crippen LogP contribution in [0.2, 0.25) is 10.0 Å².